The first kappa shape index (κ1) is 13.6. The third-order valence-corrected chi connectivity index (χ3v) is 3.14. The van der Waals surface area contributed by atoms with Gasteiger partial charge in [0.1, 0.15) is 6.10 Å². The summed E-state index contributed by atoms with van der Waals surface area (Å²) in [4.78, 5) is 16.3. The molecule has 1 N–H and O–H groups in total. The van der Waals surface area contributed by atoms with E-state index in [4.69, 9.17) is 9.47 Å². The first-order chi connectivity index (χ1) is 10.2. The zero-order valence-electron chi connectivity index (χ0n) is 11.7. The van der Waals surface area contributed by atoms with E-state index in [0.717, 1.165) is 6.42 Å². The lowest BCUT2D eigenvalue weighted by Gasteiger charge is -2.11. The van der Waals surface area contributed by atoms with Crippen LogP contribution in [0.5, 0.6) is 5.88 Å². The van der Waals surface area contributed by atoms with Crippen LogP contribution in [-0.4, -0.2) is 40.0 Å². The molecule has 2 aromatic heterocycles. The number of carbonyl (C=O) groups excluding carboxylic acids is 1. The molecule has 0 aromatic carbocycles. The normalized spacial score (nSPS) is 17.7. The summed E-state index contributed by atoms with van der Waals surface area (Å²) in [7, 11) is 1.79. The van der Waals surface area contributed by atoms with Crippen LogP contribution in [0.25, 0.3) is 0 Å². The molecule has 0 unspecified atom stereocenters. The quantitative estimate of drug-likeness (QED) is 0.915. The molecule has 110 valence electrons. The van der Waals surface area contributed by atoms with Gasteiger partial charge in [-0.3, -0.25) is 9.48 Å². The number of amides is 1. The number of carbonyl (C=O) groups is 1. The predicted molar refractivity (Wildman–Crippen MR) is 75.3 cm³/mol. The smallest absolute Gasteiger partial charge is 0.256 e. The third-order valence-electron chi connectivity index (χ3n) is 3.14. The Hall–Kier alpha value is -2.41. The first-order valence-electron chi connectivity index (χ1n) is 6.71. The van der Waals surface area contributed by atoms with Crippen LogP contribution in [0.3, 0.4) is 0 Å². The number of hydrogen-bond donors (Lipinski definition) is 1. The van der Waals surface area contributed by atoms with Crippen molar-refractivity contribution in [3.05, 3.63) is 36.3 Å². The molecule has 2 aromatic rings. The highest BCUT2D eigenvalue weighted by Gasteiger charge is 2.18. The lowest BCUT2D eigenvalue weighted by molar-refractivity contribution is 0.102. The van der Waals surface area contributed by atoms with Gasteiger partial charge in [-0.25, -0.2) is 4.98 Å². The molecule has 1 aliphatic rings. The number of nitrogens with zero attached hydrogens (tertiary/aromatic N) is 3. The van der Waals surface area contributed by atoms with Crippen molar-refractivity contribution in [2.75, 3.05) is 18.5 Å². The molecule has 0 saturated carbocycles. The number of hydrogen-bond acceptors (Lipinski definition) is 5. The molecule has 21 heavy (non-hydrogen) atoms. The summed E-state index contributed by atoms with van der Waals surface area (Å²) in [6.07, 6.45) is 5.73. The van der Waals surface area contributed by atoms with E-state index >= 15 is 0 Å². The van der Waals surface area contributed by atoms with Crippen molar-refractivity contribution >= 4 is 11.6 Å². The maximum atomic E-state index is 12.2. The van der Waals surface area contributed by atoms with Gasteiger partial charge < -0.3 is 14.8 Å². The van der Waals surface area contributed by atoms with E-state index in [1.165, 1.54) is 0 Å². The number of ether oxygens (including phenoxy) is 2. The molecule has 1 amide bonds. The fraction of sp³-hybridized carbons (Fsp3) is 0.357. The highest BCUT2D eigenvalue weighted by molar-refractivity contribution is 6.04. The van der Waals surface area contributed by atoms with Gasteiger partial charge in [0.2, 0.25) is 5.88 Å². The van der Waals surface area contributed by atoms with Gasteiger partial charge in [-0.05, 0) is 6.07 Å². The summed E-state index contributed by atoms with van der Waals surface area (Å²) in [5.74, 6) is 0.210. The van der Waals surface area contributed by atoms with Crippen molar-refractivity contribution in [2.45, 2.75) is 12.5 Å². The van der Waals surface area contributed by atoms with Crippen LogP contribution in [0, 0.1) is 0 Å². The number of anilines is 1. The van der Waals surface area contributed by atoms with Crippen LogP contribution >= 0.6 is 0 Å². The zero-order valence-corrected chi connectivity index (χ0v) is 11.7. The highest BCUT2D eigenvalue weighted by Crippen LogP contribution is 2.16. The average molecular weight is 288 g/mol. The van der Waals surface area contributed by atoms with Crippen LogP contribution in [0.2, 0.25) is 0 Å². The largest absolute Gasteiger partial charge is 0.472 e. The second-order valence-electron chi connectivity index (χ2n) is 4.84. The van der Waals surface area contributed by atoms with Crippen molar-refractivity contribution in [2.24, 2.45) is 7.05 Å². The van der Waals surface area contributed by atoms with Crippen molar-refractivity contribution in [1.29, 1.82) is 0 Å². The summed E-state index contributed by atoms with van der Waals surface area (Å²) in [6, 6.07) is 3.27. The van der Waals surface area contributed by atoms with E-state index in [-0.39, 0.29) is 12.0 Å². The summed E-state index contributed by atoms with van der Waals surface area (Å²) in [5.41, 5.74) is 1.13. The van der Waals surface area contributed by atoms with E-state index in [1.807, 2.05) is 0 Å². The Bertz CT molecular complexity index is 635. The van der Waals surface area contributed by atoms with Gasteiger partial charge in [0.15, 0.2) is 0 Å². The molecule has 1 fully saturated rings. The summed E-state index contributed by atoms with van der Waals surface area (Å²) in [5, 5.41) is 6.77. The Balaban J connectivity index is 1.68. The van der Waals surface area contributed by atoms with E-state index in [0.29, 0.717) is 30.3 Å². The molecule has 7 heteroatoms. The van der Waals surface area contributed by atoms with Gasteiger partial charge in [-0.1, -0.05) is 0 Å². The van der Waals surface area contributed by atoms with E-state index < -0.39 is 0 Å². The lowest BCUT2D eigenvalue weighted by atomic mass is 10.2. The van der Waals surface area contributed by atoms with Crippen LogP contribution in [0.1, 0.15) is 16.8 Å². The Morgan fingerprint density at radius 1 is 1.57 bits per heavy atom. The maximum absolute atomic E-state index is 12.2. The fourth-order valence-electron chi connectivity index (χ4n) is 2.08. The second kappa shape index (κ2) is 5.92. The number of rotatable bonds is 4. The number of nitrogens with one attached hydrogen (secondary N) is 1. The van der Waals surface area contributed by atoms with Crippen LogP contribution in [-0.2, 0) is 11.8 Å². The standard InChI is InChI=1S/C14H16N4O3/c1-18-8-11(7-16-18)17-14(19)10-2-4-15-13(6-10)21-12-3-5-20-9-12/h2,4,6-8,12H,3,5,9H2,1H3,(H,17,19)/t12-/m1/s1. The Morgan fingerprint density at radius 3 is 3.19 bits per heavy atom. The first-order valence-corrected chi connectivity index (χ1v) is 6.71. The van der Waals surface area contributed by atoms with Crippen LogP contribution in [0.15, 0.2) is 30.7 Å². The maximum Gasteiger partial charge on any atom is 0.256 e. The molecule has 0 radical (unpaired) electrons. The van der Waals surface area contributed by atoms with Crippen molar-refractivity contribution in [3.8, 4) is 5.88 Å². The molecule has 0 bridgehead atoms. The van der Waals surface area contributed by atoms with Gasteiger partial charge in [-0.2, -0.15) is 5.10 Å². The van der Waals surface area contributed by atoms with Crippen molar-refractivity contribution in [3.63, 3.8) is 0 Å². The van der Waals surface area contributed by atoms with E-state index in [1.54, 1.807) is 42.5 Å². The van der Waals surface area contributed by atoms with Gasteiger partial charge in [-0.15, -0.1) is 0 Å². The van der Waals surface area contributed by atoms with Gasteiger partial charge in [0, 0.05) is 37.5 Å². The van der Waals surface area contributed by atoms with Crippen LogP contribution < -0.4 is 10.1 Å². The Kier molecular flexibility index (Phi) is 3.83. The molecule has 0 spiro atoms. The Labute approximate surface area is 121 Å². The minimum Gasteiger partial charge on any atom is -0.472 e. The van der Waals surface area contributed by atoms with Crippen molar-refractivity contribution in [1.82, 2.24) is 14.8 Å². The topological polar surface area (TPSA) is 78.3 Å². The fourth-order valence-corrected chi connectivity index (χ4v) is 2.08. The average Bonchev–Trinajstić information content (AvgIpc) is 3.11. The van der Waals surface area contributed by atoms with E-state index in [9.17, 15) is 4.79 Å². The van der Waals surface area contributed by atoms with Crippen molar-refractivity contribution < 1.29 is 14.3 Å². The van der Waals surface area contributed by atoms with Gasteiger partial charge >= 0.3 is 0 Å². The minimum absolute atomic E-state index is 0.00846. The van der Waals surface area contributed by atoms with E-state index in [2.05, 4.69) is 15.4 Å². The molecule has 1 atom stereocenters. The Morgan fingerprint density at radius 2 is 2.48 bits per heavy atom. The summed E-state index contributed by atoms with van der Waals surface area (Å²) < 4.78 is 12.6. The summed E-state index contributed by atoms with van der Waals surface area (Å²) >= 11 is 0. The highest BCUT2D eigenvalue weighted by atomic mass is 16.5. The molecule has 3 rings (SSSR count). The molecule has 3 heterocycles. The van der Waals surface area contributed by atoms with Gasteiger partial charge in [0.05, 0.1) is 25.1 Å². The molecule has 7 nitrogen and oxygen atoms in total. The second-order valence-corrected chi connectivity index (χ2v) is 4.84. The SMILES string of the molecule is Cn1cc(NC(=O)c2ccnc(O[C@@H]3CCOC3)c2)cn1. The number of aromatic nitrogens is 3. The molecular formula is C14H16N4O3. The minimum atomic E-state index is -0.224. The van der Waals surface area contributed by atoms with Gasteiger partial charge in [0.25, 0.3) is 5.91 Å². The number of pyridine rings is 1. The summed E-state index contributed by atoms with van der Waals surface area (Å²) in [6.45, 7) is 1.26. The zero-order chi connectivity index (χ0) is 14.7. The van der Waals surface area contributed by atoms with Crippen LogP contribution in [0.4, 0.5) is 5.69 Å². The third kappa shape index (κ3) is 3.38. The number of aryl methyl sites for hydroxylation is 1. The molecule has 1 saturated heterocycles. The molecule has 0 aliphatic carbocycles. The molecule has 1 aliphatic heterocycles. The molecular weight excluding hydrogens is 272 g/mol. The monoisotopic (exact) mass is 288 g/mol. The predicted octanol–water partition coefficient (Wildman–Crippen LogP) is 1.24. The lowest BCUT2D eigenvalue weighted by Crippen LogP contribution is -2.17.